The molecule has 1 fully saturated rings. The Morgan fingerprint density at radius 1 is 1.38 bits per heavy atom. The third-order valence-corrected chi connectivity index (χ3v) is 6.61. The molecule has 9 heteroatoms. The number of fused-ring (bicyclic) bond motifs is 1. The van der Waals surface area contributed by atoms with E-state index in [1.54, 1.807) is 25.1 Å². The molecule has 3 heterocycles. The zero-order chi connectivity index (χ0) is 24.2. The van der Waals surface area contributed by atoms with Gasteiger partial charge >= 0.3 is 0 Å². The number of ether oxygens (including phenoxy) is 1. The largest absolute Gasteiger partial charge is 0.390 e. The Kier molecular flexibility index (Phi) is 6.98. The highest BCUT2D eigenvalue weighted by Gasteiger charge is 2.31. The lowest BCUT2D eigenvalue weighted by molar-refractivity contribution is -0.128. The van der Waals surface area contributed by atoms with Crippen molar-refractivity contribution in [2.24, 2.45) is 10.7 Å². The Morgan fingerprint density at radius 2 is 2.21 bits per heavy atom. The maximum atomic E-state index is 12.1. The highest BCUT2D eigenvalue weighted by molar-refractivity contribution is 6.13. The highest BCUT2D eigenvalue weighted by Crippen LogP contribution is 2.33. The minimum atomic E-state index is 0.0204. The van der Waals surface area contributed by atoms with Gasteiger partial charge in [-0.05, 0) is 36.1 Å². The molecule has 1 unspecified atom stereocenters. The molecule has 1 aromatic carbocycles. The van der Waals surface area contributed by atoms with Crippen molar-refractivity contribution in [2.75, 3.05) is 44.8 Å². The zero-order valence-corrected chi connectivity index (χ0v) is 19.7. The summed E-state index contributed by atoms with van der Waals surface area (Å²) in [7, 11) is 1.65. The SMILES string of the molecule is CN=CC(=C(N)C#N)c1ccc2c(c1)CCN2C(=N)C1=C(NC2CCOC2)CCN(C(C)=O)C1. The summed E-state index contributed by atoms with van der Waals surface area (Å²) in [4.78, 5) is 19.9. The number of carbonyl (C=O) groups excluding carboxylic acids is 1. The molecule has 4 N–H and O–H groups in total. The maximum Gasteiger partial charge on any atom is 0.219 e. The molecule has 3 aliphatic heterocycles. The molecule has 0 aliphatic carbocycles. The van der Waals surface area contributed by atoms with Crippen LogP contribution in [0.3, 0.4) is 0 Å². The van der Waals surface area contributed by atoms with Crippen LogP contribution in [0.4, 0.5) is 5.69 Å². The molecule has 1 atom stereocenters. The number of nitriles is 1. The molecule has 3 aliphatic rings. The van der Waals surface area contributed by atoms with Gasteiger partial charge in [0.05, 0.1) is 19.2 Å². The van der Waals surface area contributed by atoms with Crippen molar-refractivity contribution < 1.29 is 9.53 Å². The molecular formula is C25H31N7O2. The van der Waals surface area contributed by atoms with Gasteiger partial charge in [0, 0.05) is 68.8 Å². The van der Waals surface area contributed by atoms with E-state index >= 15 is 0 Å². The number of amidine groups is 1. The number of allylic oxidation sites excluding steroid dienone is 2. The van der Waals surface area contributed by atoms with Crippen LogP contribution in [0.15, 0.2) is 40.2 Å². The molecule has 0 spiro atoms. The summed E-state index contributed by atoms with van der Waals surface area (Å²) < 4.78 is 5.52. The number of rotatable bonds is 5. The number of amides is 1. The van der Waals surface area contributed by atoms with Gasteiger partial charge < -0.3 is 25.6 Å². The van der Waals surface area contributed by atoms with Crippen LogP contribution < -0.4 is 16.0 Å². The van der Waals surface area contributed by atoms with Crippen LogP contribution in [0, 0.1) is 16.7 Å². The number of carbonyl (C=O) groups is 1. The summed E-state index contributed by atoms with van der Waals surface area (Å²) in [5.41, 5.74) is 11.4. The van der Waals surface area contributed by atoms with Crippen molar-refractivity contribution in [1.82, 2.24) is 10.2 Å². The first kappa shape index (κ1) is 23.5. The second-order valence-corrected chi connectivity index (χ2v) is 8.77. The average molecular weight is 462 g/mol. The van der Waals surface area contributed by atoms with Crippen LogP contribution in [0.5, 0.6) is 0 Å². The van der Waals surface area contributed by atoms with E-state index in [2.05, 4.69) is 10.3 Å². The molecule has 1 amide bonds. The number of nitrogens with zero attached hydrogens (tertiary/aromatic N) is 4. The lowest BCUT2D eigenvalue weighted by Crippen LogP contribution is -2.44. The molecule has 4 rings (SSSR count). The van der Waals surface area contributed by atoms with E-state index in [-0.39, 0.29) is 17.6 Å². The van der Waals surface area contributed by atoms with Gasteiger partial charge in [-0.25, -0.2) is 0 Å². The predicted molar refractivity (Wildman–Crippen MR) is 133 cm³/mol. The van der Waals surface area contributed by atoms with Gasteiger partial charge in [0.1, 0.15) is 17.6 Å². The van der Waals surface area contributed by atoms with E-state index in [4.69, 9.17) is 15.9 Å². The van der Waals surface area contributed by atoms with Gasteiger partial charge in [0.15, 0.2) is 0 Å². The second kappa shape index (κ2) is 10.1. The third-order valence-electron chi connectivity index (χ3n) is 6.61. The fraction of sp³-hybridized carbons (Fsp3) is 0.440. The van der Waals surface area contributed by atoms with Crippen molar-refractivity contribution >= 4 is 29.2 Å². The van der Waals surface area contributed by atoms with E-state index in [9.17, 15) is 10.1 Å². The molecule has 34 heavy (non-hydrogen) atoms. The fourth-order valence-corrected chi connectivity index (χ4v) is 4.76. The molecule has 0 radical (unpaired) electrons. The van der Waals surface area contributed by atoms with Gasteiger partial charge in [-0.3, -0.25) is 15.2 Å². The summed E-state index contributed by atoms with van der Waals surface area (Å²) >= 11 is 0. The van der Waals surface area contributed by atoms with Crippen molar-refractivity contribution in [1.29, 1.82) is 10.7 Å². The summed E-state index contributed by atoms with van der Waals surface area (Å²) in [6.45, 7) is 4.74. The Morgan fingerprint density at radius 3 is 2.88 bits per heavy atom. The quantitative estimate of drug-likeness (QED) is 0.348. The summed E-state index contributed by atoms with van der Waals surface area (Å²) in [5, 5.41) is 22.0. The van der Waals surface area contributed by atoms with Crippen LogP contribution >= 0.6 is 0 Å². The normalized spacial score (nSPS) is 20.9. The smallest absolute Gasteiger partial charge is 0.219 e. The van der Waals surface area contributed by atoms with Gasteiger partial charge in [0.25, 0.3) is 0 Å². The van der Waals surface area contributed by atoms with Crippen LogP contribution in [-0.4, -0.2) is 68.8 Å². The molecule has 0 bridgehead atoms. The van der Waals surface area contributed by atoms with E-state index in [0.29, 0.717) is 44.1 Å². The van der Waals surface area contributed by atoms with Crippen LogP contribution in [0.2, 0.25) is 0 Å². The van der Waals surface area contributed by atoms with Gasteiger partial charge in [-0.2, -0.15) is 5.26 Å². The Balaban J connectivity index is 1.64. The van der Waals surface area contributed by atoms with Gasteiger partial charge in [0.2, 0.25) is 5.91 Å². The number of nitrogens with one attached hydrogen (secondary N) is 2. The van der Waals surface area contributed by atoms with Gasteiger partial charge in [-0.15, -0.1) is 0 Å². The Hall–Kier alpha value is -3.64. The van der Waals surface area contributed by atoms with Crippen molar-refractivity contribution in [3.05, 3.63) is 46.3 Å². The van der Waals surface area contributed by atoms with E-state index in [1.165, 1.54) is 0 Å². The number of hydrogen-bond donors (Lipinski definition) is 3. The van der Waals surface area contributed by atoms with Crippen LogP contribution in [0.25, 0.3) is 5.57 Å². The van der Waals surface area contributed by atoms with Crippen molar-refractivity contribution in [2.45, 2.75) is 32.2 Å². The topological polar surface area (TPSA) is 131 Å². The molecule has 178 valence electrons. The first-order chi connectivity index (χ1) is 16.4. The first-order valence-corrected chi connectivity index (χ1v) is 11.6. The number of aliphatic imine (C=N–C) groups is 1. The lowest BCUT2D eigenvalue weighted by atomic mass is 10.0. The number of benzene rings is 1. The number of nitrogens with two attached hydrogens (primary N) is 1. The maximum absolute atomic E-state index is 12.1. The first-order valence-electron chi connectivity index (χ1n) is 11.6. The second-order valence-electron chi connectivity index (χ2n) is 8.77. The highest BCUT2D eigenvalue weighted by atomic mass is 16.5. The number of anilines is 1. The summed E-state index contributed by atoms with van der Waals surface area (Å²) in [6, 6.07) is 8.16. The van der Waals surface area contributed by atoms with E-state index in [0.717, 1.165) is 47.5 Å². The van der Waals surface area contributed by atoms with Crippen molar-refractivity contribution in [3.8, 4) is 6.07 Å². The van der Waals surface area contributed by atoms with Crippen LogP contribution in [0.1, 0.15) is 30.9 Å². The molecule has 0 saturated carbocycles. The lowest BCUT2D eigenvalue weighted by Gasteiger charge is -2.34. The summed E-state index contributed by atoms with van der Waals surface area (Å²) in [5.74, 6) is 0.438. The molecule has 0 aromatic heterocycles. The third kappa shape index (κ3) is 4.68. The zero-order valence-electron chi connectivity index (χ0n) is 19.7. The Labute approximate surface area is 200 Å². The van der Waals surface area contributed by atoms with Crippen molar-refractivity contribution in [3.63, 3.8) is 0 Å². The molecule has 1 aromatic rings. The minimum absolute atomic E-state index is 0.0204. The average Bonchev–Trinajstić information content (AvgIpc) is 3.51. The molecular weight excluding hydrogens is 430 g/mol. The molecule has 9 nitrogen and oxygen atoms in total. The standard InChI is InChI=1S/C25H31N7O2/c1-16(33)31-8-6-23(30-19-7-10-34-15-19)21(14-31)25(28)32-9-5-18-11-17(3-4-24(18)32)20(13-29-2)22(27)12-26/h3-4,11,13,19,28,30H,5-10,14-15,27H2,1-2H3. The molecule has 1 saturated heterocycles. The summed E-state index contributed by atoms with van der Waals surface area (Å²) in [6.07, 6.45) is 4.02. The monoisotopic (exact) mass is 461 g/mol. The van der Waals surface area contributed by atoms with Crippen LogP contribution in [-0.2, 0) is 16.0 Å². The van der Waals surface area contributed by atoms with Gasteiger partial charge in [-0.1, -0.05) is 6.07 Å². The van der Waals surface area contributed by atoms with E-state index in [1.807, 2.05) is 29.2 Å². The fourth-order valence-electron chi connectivity index (χ4n) is 4.76. The minimum Gasteiger partial charge on any atom is -0.390 e. The number of hydrogen-bond acceptors (Lipinski definition) is 7. The predicted octanol–water partition coefficient (Wildman–Crippen LogP) is 1.81. The van der Waals surface area contributed by atoms with E-state index < -0.39 is 0 Å². The Bertz CT molecular complexity index is 1120.